The van der Waals surface area contributed by atoms with E-state index in [-0.39, 0.29) is 8.67 Å². The van der Waals surface area contributed by atoms with E-state index < -0.39 is 0 Å². The highest BCUT2D eigenvalue weighted by Crippen LogP contribution is 1.99. The van der Waals surface area contributed by atoms with Crippen molar-refractivity contribution in [2.45, 2.75) is 0 Å². The molecule has 0 aromatic rings. The van der Waals surface area contributed by atoms with Crippen molar-refractivity contribution in [1.29, 1.82) is 0 Å². The van der Waals surface area contributed by atoms with Crippen LogP contribution < -0.4 is 0 Å². The second-order valence-electron chi connectivity index (χ2n) is 0.978. The maximum Gasteiger partial charge on any atom is 0.139 e. The number of hydrogen-bond acceptors (Lipinski definition) is 2. The molecule has 0 aromatic heterocycles. The minimum atomic E-state index is 0.0467. The summed E-state index contributed by atoms with van der Waals surface area (Å²) in [6.07, 6.45) is 3.85. The zero-order valence-electron chi connectivity index (χ0n) is 3.29. The Morgan fingerprint density at radius 1 is 1.67 bits per heavy atom. The van der Waals surface area contributed by atoms with E-state index in [4.69, 9.17) is 0 Å². The summed E-state index contributed by atoms with van der Waals surface area (Å²) in [6, 6.07) is 0. The van der Waals surface area contributed by atoms with Gasteiger partial charge in [0.1, 0.15) is 8.67 Å². The molecule has 1 heterocycles. The van der Waals surface area contributed by atoms with E-state index in [0.29, 0.717) is 0 Å². The molecule has 32 valence electrons. The average Bonchev–Trinajstić information content (AvgIpc) is 1.72. The van der Waals surface area contributed by atoms with Crippen LogP contribution in [0.1, 0.15) is 0 Å². The molecular formula is C3H5NSSi. The minimum absolute atomic E-state index is 0.0467. The van der Waals surface area contributed by atoms with E-state index in [1.165, 1.54) is 0 Å². The first-order valence-corrected chi connectivity index (χ1v) is 5.30. The van der Waals surface area contributed by atoms with Crippen LogP contribution in [0.4, 0.5) is 0 Å². The highest BCUT2D eigenvalue weighted by molar-refractivity contribution is 8.22. The van der Waals surface area contributed by atoms with Crippen molar-refractivity contribution in [3.8, 4) is 0 Å². The molecule has 1 aliphatic heterocycles. The highest BCUT2D eigenvalue weighted by Gasteiger charge is 1.80. The van der Waals surface area contributed by atoms with E-state index in [2.05, 4.69) is 10.1 Å². The average molecular weight is 115 g/mol. The molecule has 3 heteroatoms. The summed E-state index contributed by atoms with van der Waals surface area (Å²) in [5.41, 5.74) is 2.22. The predicted octanol–water partition coefficient (Wildman–Crippen LogP) is 0.316. The lowest BCUT2D eigenvalue weighted by Crippen LogP contribution is -1.78. The van der Waals surface area contributed by atoms with Crippen molar-refractivity contribution in [3.63, 3.8) is 0 Å². The van der Waals surface area contributed by atoms with Crippen LogP contribution in [0.2, 0.25) is 0 Å². The fourth-order valence-electron chi connectivity index (χ4n) is 0.281. The van der Waals surface area contributed by atoms with Gasteiger partial charge in [-0.05, 0) is 0 Å². The van der Waals surface area contributed by atoms with E-state index >= 15 is 0 Å². The van der Waals surface area contributed by atoms with Crippen LogP contribution in [0, 0.1) is 0 Å². The number of nitrogens with zero attached hydrogens (tertiary/aromatic N) is 1. The van der Waals surface area contributed by atoms with Crippen LogP contribution >= 0.6 is 11.4 Å². The monoisotopic (exact) mass is 115 g/mol. The zero-order valence-corrected chi connectivity index (χ0v) is 5.53. The predicted molar refractivity (Wildman–Crippen MR) is 33.8 cm³/mol. The van der Waals surface area contributed by atoms with Gasteiger partial charge in [-0.15, -0.1) is 0 Å². The number of rotatable bonds is 0. The molecule has 0 radical (unpaired) electrons. The molecule has 0 fully saturated rings. The summed E-state index contributed by atoms with van der Waals surface area (Å²) in [4.78, 5) is 0. The largest absolute Gasteiger partial charge is 0.232 e. The first-order valence-electron chi connectivity index (χ1n) is 1.80. The van der Waals surface area contributed by atoms with Gasteiger partial charge in [-0.1, -0.05) is 23.2 Å². The van der Waals surface area contributed by atoms with Crippen molar-refractivity contribution in [2.75, 3.05) is 0 Å². The van der Waals surface area contributed by atoms with Crippen molar-refractivity contribution in [2.24, 2.45) is 4.40 Å². The summed E-state index contributed by atoms with van der Waals surface area (Å²) in [5, 5.41) is 0. The molecule has 0 spiro atoms. The van der Waals surface area contributed by atoms with Crippen LogP contribution in [0.3, 0.4) is 0 Å². The van der Waals surface area contributed by atoms with Crippen LogP contribution in [0.25, 0.3) is 0 Å². The van der Waals surface area contributed by atoms with Crippen molar-refractivity contribution < 1.29 is 0 Å². The molecule has 0 saturated heterocycles. The fraction of sp³-hybridized carbons (Fsp3) is 0. The summed E-state index contributed by atoms with van der Waals surface area (Å²) >= 11 is 1.72. The lowest BCUT2D eigenvalue weighted by molar-refractivity contribution is 1.99. The molecule has 0 unspecified atom stereocenters. The van der Waals surface area contributed by atoms with Crippen LogP contribution in [0.5, 0.6) is 0 Å². The zero-order chi connectivity index (χ0) is 4.24. The van der Waals surface area contributed by atoms with Gasteiger partial charge < -0.3 is 0 Å². The Kier molecular flexibility index (Phi) is 1.52. The fourth-order valence-corrected chi connectivity index (χ4v) is 1.95. The standard InChI is InChI=1S/C3H5NSSi/c1-2-4-5-6-3-1/h1-3H,6H2. The van der Waals surface area contributed by atoms with Crippen LogP contribution in [-0.2, 0) is 0 Å². The first-order chi connectivity index (χ1) is 3.00. The van der Waals surface area contributed by atoms with Crippen LogP contribution in [0.15, 0.2) is 16.2 Å². The van der Waals surface area contributed by atoms with Gasteiger partial charge in [0.05, 0.1) is 0 Å². The molecule has 0 saturated carbocycles. The van der Waals surface area contributed by atoms with Gasteiger partial charge in [0.25, 0.3) is 0 Å². The van der Waals surface area contributed by atoms with E-state index in [1.807, 2.05) is 12.3 Å². The number of hydrogen-bond donors (Lipinski definition) is 0. The third-order valence-corrected chi connectivity index (χ3v) is 2.88. The maximum atomic E-state index is 3.94. The van der Waals surface area contributed by atoms with Crippen molar-refractivity contribution >= 4 is 26.3 Å². The van der Waals surface area contributed by atoms with Gasteiger partial charge in [0.2, 0.25) is 0 Å². The van der Waals surface area contributed by atoms with Gasteiger partial charge in [0.15, 0.2) is 0 Å². The molecule has 0 amide bonds. The van der Waals surface area contributed by atoms with E-state index in [9.17, 15) is 0 Å². The molecule has 0 atom stereocenters. The molecule has 6 heavy (non-hydrogen) atoms. The molecule has 0 N–H and O–H groups in total. The minimum Gasteiger partial charge on any atom is -0.232 e. The summed E-state index contributed by atoms with van der Waals surface area (Å²) in [7, 11) is 0.0467. The molecule has 0 bridgehead atoms. The Hall–Kier alpha value is -0.0231. The molecule has 1 aliphatic rings. The van der Waals surface area contributed by atoms with Crippen LogP contribution in [-0.4, -0.2) is 14.9 Å². The summed E-state index contributed by atoms with van der Waals surface area (Å²) in [5.74, 6) is 0. The Morgan fingerprint density at radius 2 is 2.67 bits per heavy atom. The topological polar surface area (TPSA) is 12.4 Å². The quantitative estimate of drug-likeness (QED) is 0.327. The Balaban J connectivity index is 2.46. The van der Waals surface area contributed by atoms with Gasteiger partial charge in [-0.25, -0.2) is 4.40 Å². The van der Waals surface area contributed by atoms with Gasteiger partial charge in [0, 0.05) is 6.21 Å². The Labute approximate surface area is 43.1 Å². The first kappa shape index (κ1) is 4.14. The van der Waals surface area contributed by atoms with E-state index in [0.717, 1.165) is 0 Å². The van der Waals surface area contributed by atoms with Gasteiger partial charge in [-0.3, -0.25) is 0 Å². The van der Waals surface area contributed by atoms with Crippen molar-refractivity contribution in [3.05, 3.63) is 11.8 Å². The second kappa shape index (κ2) is 2.20. The van der Waals surface area contributed by atoms with Gasteiger partial charge in [-0.2, -0.15) is 0 Å². The summed E-state index contributed by atoms with van der Waals surface area (Å²) in [6.45, 7) is 0. The van der Waals surface area contributed by atoms with Crippen molar-refractivity contribution in [1.82, 2.24) is 0 Å². The van der Waals surface area contributed by atoms with Gasteiger partial charge >= 0.3 is 0 Å². The molecule has 1 nitrogen and oxygen atoms in total. The smallest absolute Gasteiger partial charge is 0.139 e. The Morgan fingerprint density at radius 3 is 2.83 bits per heavy atom. The molecule has 0 aromatic carbocycles. The Bertz CT molecular complexity index is 76.8. The maximum absolute atomic E-state index is 3.94. The summed E-state index contributed by atoms with van der Waals surface area (Å²) < 4.78 is 3.94. The highest BCUT2D eigenvalue weighted by atomic mass is 32.4. The molecule has 1 rings (SSSR count). The third-order valence-electron chi connectivity index (χ3n) is 0.528. The molecule has 0 aliphatic carbocycles. The SMILES string of the molecule is C1=C[SiH2]SN=C1. The molecular weight excluding hydrogens is 110 g/mol. The normalized spacial score (nSPS) is 22.7. The van der Waals surface area contributed by atoms with E-state index in [1.54, 1.807) is 11.4 Å². The lowest BCUT2D eigenvalue weighted by Gasteiger charge is -1.86. The number of allylic oxidation sites excluding steroid dienone is 1. The second-order valence-corrected chi connectivity index (χ2v) is 4.03. The lowest BCUT2D eigenvalue weighted by atomic mass is 10.7. The third kappa shape index (κ3) is 0.987.